The minimum absolute atomic E-state index is 0.185. The number of hydrogen-bond donors (Lipinski definition) is 0. The molecule has 1 aromatic rings. The maximum Gasteiger partial charge on any atom is 0.274 e. The lowest BCUT2D eigenvalue weighted by Gasteiger charge is -2.11. The summed E-state index contributed by atoms with van der Waals surface area (Å²) in [4.78, 5) is 4.63. The fourth-order valence-electron chi connectivity index (χ4n) is 0.784. The molecule has 0 saturated carbocycles. The highest BCUT2D eigenvalue weighted by Crippen LogP contribution is 2.31. The normalized spacial score (nSPS) is 12.4. The highest BCUT2D eigenvalue weighted by Gasteiger charge is 2.23. The van der Waals surface area contributed by atoms with Crippen LogP contribution in [-0.2, 0) is 14.9 Å². The third kappa shape index (κ3) is 2.09. The molecule has 80 valence electrons. The number of halogens is 1. The molecular formula is C7H10ClNO3S2. The number of aryl methyl sites for hydroxylation is 1. The molecule has 1 heterocycles. The number of nitrogens with zero attached hydrogens (tertiary/aromatic N) is 1. The Morgan fingerprint density at radius 2 is 2.14 bits per heavy atom. The van der Waals surface area contributed by atoms with E-state index >= 15 is 0 Å². The lowest BCUT2D eigenvalue weighted by molar-refractivity contribution is -0.0256. The van der Waals surface area contributed by atoms with Crippen LogP contribution >= 0.6 is 22.9 Å². The van der Waals surface area contributed by atoms with Gasteiger partial charge in [0, 0.05) is 7.05 Å². The van der Waals surface area contributed by atoms with E-state index in [9.17, 15) is 8.42 Å². The molecule has 1 aromatic heterocycles. The second-order valence-electron chi connectivity index (χ2n) is 2.62. The monoisotopic (exact) mass is 255 g/mol. The molecule has 0 N–H and O–H groups in total. The predicted octanol–water partition coefficient (Wildman–Crippen LogP) is 1.89. The Morgan fingerprint density at radius 3 is 2.50 bits per heavy atom. The molecule has 0 amide bonds. The molecule has 0 unspecified atom stereocenters. The second-order valence-corrected chi connectivity index (χ2v) is 6.44. The second kappa shape index (κ2) is 4.16. The van der Waals surface area contributed by atoms with Crippen LogP contribution in [0.2, 0.25) is 4.34 Å². The van der Waals surface area contributed by atoms with Crippen molar-refractivity contribution in [1.82, 2.24) is 4.47 Å². The number of sulfonamides is 1. The van der Waals surface area contributed by atoms with Crippen LogP contribution in [0.25, 0.3) is 0 Å². The van der Waals surface area contributed by atoms with Crippen molar-refractivity contribution in [1.29, 1.82) is 0 Å². The van der Waals surface area contributed by atoms with Crippen LogP contribution in [0.4, 0.5) is 0 Å². The van der Waals surface area contributed by atoms with Crippen molar-refractivity contribution in [2.75, 3.05) is 14.2 Å². The van der Waals surface area contributed by atoms with Crippen LogP contribution in [0.15, 0.2) is 10.3 Å². The highest BCUT2D eigenvalue weighted by atomic mass is 35.5. The van der Waals surface area contributed by atoms with E-state index in [0.717, 1.165) is 21.4 Å². The van der Waals surface area contributed by atoms with Crippen LogP contribution < -0.4 is 0 Å². The molecule has 1 rings (SSSR count). The summed E-state index contributed by atoms with van der Waals surface area (Å²) >= 11 is 6.80. The van der Waals surface area contributed by atoms with E-state index in [0.29, 0.717) is 4.34 Å². The van der Waals surface area contributed by atoms with Crippen LogP contribution in [-0.4, -0.2) is 27.0 Å². The van der Waals surface area contributed by atoms with Crippen molar-refractivity contribution in [2.45, 2.75) is 11.1 Å². The van der Waals surface area contributed by atoms with Gasteiger partial charge < -0.3 is 0 Å². The summed E-state index contributed by atoms with van der Waals surface area (Å²) in [5.41, 5.74) is 0.750. The van der Waals surface area contributed by atoms with Gasteiger partial charge >= 0.3 is 0 Å². The number of hydrogen-bond acceptors (Lipinski definition) is 4. The Bertz CT molecular complexity index is 407. The van der Waals surface area contributed by atoms with Gasteiger partial charge in [0.2, 0.25) is 0 Å². The number of thiophene rings is 1. The van der Waals surface area contributed by atoms with Crippen molar-refractivity contribution in [2.24, 2.45) is 0 Å². The largest absolute Gasteiger partial charge is 0.288 e. The Labute approximate surface area is 92.1 Å². The molecule has 0 aromatic carbocycles. The predicted molar refractivity (Wildman–Crippen MR) is 56.0 cm³/mol. The van der Waals surface area contributed by atoms with E-state index < -0.39 is 10.0 Å². The maximum absolute atomic E-state index is 11.7. The summed E-state index contributed by atoms with van der Waals surface area (Å²) in [6.07, 6.45) is 0. The van der Waals surface area contributed by atoms with E-state index in [1.807, 2.05) is 0 Å². The minimum atomic E-state index is -3.55. The summed E-state index contributed by atoms with van der Waals surface area (Å²) in [5, 5.41) is 0. The van der Waals surface area contributed by atoms with E-state index in [2.05, 4.69) is 4.84 Å². The molecule has 0 saturated heterocycles. The molecule has 0 spiro atoms. The highest BCUT2D eigenvalue weighted by molar-refractivity contribution is 7.91. The smallest absolute Gasteiger partial charge is 0.274 e. The van der Waals surface area contributed by atoms with Crippen LogP contribution in [0, 0.1) is 6.92 Å². The van der Waals surface area contributed by atoms with Gasteiger partial charge in [-0.1, -0.05) is 16.1 Å². The summed E-state index contributed by atoms with van der Waals surface area (Å²) in [7, 11) is -0.923. The minimum Gasteiger partial charge on any atom is -0.288 e. The van der Waals surface area contributed by atoms with Gasteiger partial charge in [0.05, 0.1) is 11.4 Å². The first-order valence-electron chi connectivity index (χ1n) is 3.68. The van der Waals surface area contributed by atoms with Gasteiger partial charge in [-0.05, 0) is 18.6 Å². The summed E-state index contributed by atoms with van der Waals surface area (Å²) in [6.45, 7) is 1.75. The first kappa shape index (κ1) is 11.9. The zero-order chi connectivity index (χ0) is 10.9. The van der Waals surface area contributed by atoms with Gasteiger partial charge in [-0.15, -0.1) is 11.3 Å². The van der Waals surface area contributed by atoms with E-state index in [1.165, 1.54) is 20.2 Å². The van der Waals surface area contributed by atoms with E-state index in [-0.39, 0.29) is 4.21 Å². The zero-order valence-electron chi connectivity index (χ0n) is 7.94. The molecule has 0 fully saturated rings. The molecule has 0 bridgehead atoms. The summed E-state index contributed by atoms with van der Waals surface area (Å²) in [5.74, 6) is 0. The topological polar surface area (TPSA) is 46.6 Å². The van der Waals surface area contributed by atoms with Gasteiger partial charge in [-0.2, -0.15) is 0 Å². The Kier molecular flexibility index (Phi) is 3.54. The molecule has 7 heteroatoms. The third-order valence-corrected chi connectivity index (χ3v) is 5.37. The average molecular weight is 256 g/mol. The van der Waals surface area contributed by atoms with Crippen molar-refractivity contribution in [3.63, 3.8) is 0 Å². The van der Waals surface area contributed by atoms with E-state index in [1.54, 1.807) is 6.92 Å². The quantitative estimate of drug-likeness (QED) is 0.775. The van der Waals surface area contributed by atoms with Gasteiger partial charge in [-0.3, -0.25) is 4.84 Å². The van der Waals surface area contributed by atoms with Gasteiger partial charge in [0.25, 0.3) is 10.0 Å². The lowest BCUT2D eigenvalue weighted by atomic mass is 10.4. The molecule has 4 nitrogen and oxygen atoms in total. The molecule has 0 atom stereocenters. The fraction of sp³-hybridized carbons (Fsp3) is 0.429. The SMILES string of the molecule is CON(C)S(=O)(=O)c1cc(C)c(Cl)s1. The first-order chi connectivity index (χ1) is 6.39. The fourth-order valence-corrected chi connectivity index (χ4v) is 3.62. The van der Waals surface area contributed by atoms with Crippen molar-refractivity contribution >= 4 is 33.0 Å². The summed E-state index contributed by atoms with van der Waals surface area (Å²) in [6, 6.07) is 1.53. The molecule has 0 aliphatic carbocycles. The molecule has 0 radical (unpaired) electrons. The van der Waals surface area contributed by atoms with Crippen LogP contribution in [0.1, 0.15) is 5.56 Å². The number of rotatable bonds is 3. The third-order valence-electron chi connectivity index (χ3n) is 1.68. The standard InChI is InChI=1S/C7H10ClNO3S2/c1-5-4-6(13-7(5)8)14(10,11)9(2)12-3/h4H,1-3H3. The molecular weight excluding hydrogens is 246 g/mol. The maximum atomic E-state index is 11.7. The average Bonchev–Trinajstić information content (AvgIpc) is 2.46. The lowest BCUT2D eigenvalue weighted by Crippen LogP contribution is -2.24. The van der Waals surface area contributed by atoms with Crippen LogP contribution in [0.5, 0.6) is 0 Å². The first-order valence-corrected chi connectivity index (χ1v) is 6.32. The van der Waals surface area contributed by atoms with E-state index in [4.69, 9.17) is 11.6 Å². The Hall–Kier alpha value is -0.140. The van der Waals surface area contributed by atoms with Gasteiger partial charge in [0.1, 0.15) is 4.21 Å². The Morgan fingerprint density at radius 1 is 1.57 bits per heavy atom. The molecule has 14 heavy (non-hydrogen) atoms. The van der Waals surface area contributed by atoms with Gasteiger partial charge in [0.15, 0.2) is 0 Å². The van der Waals surface area contributed by atoms with Crippen LogP contribution in [0.3, 0.4) is 0 Å². The number of hydroxylamine groups is 1. The molecule has 0 aliphatic rings. The van der Waals surface area contributed by atoms with Crippen molar-refractivity contribution < 1.29 is 13.3 Å². The van der Waals surface area contributed by atoms with Crippen molar-refractivity contribution in [3.8, 4) is 0 Å². The zero-order valence-corrected chi connectivity index (χ0v) is 10.3. The van der Waals surface area contributed by atoms with Crippen molar-refractivity contribution in [3.05, 3.63) is 16.0 Å². The summed E-state index contributed by atoms with van der Waals surface area (Å²) < 4.78 is 24.8. The molecule has 0 aliphatic heterocycles. The Balaban J connectivity index is 3.17. The van der Waals surface area contributed by atoms with Gasteiger partial charge in [-0.25, -0.2) is 8.42 Å².